The first-order valence-corrected chi connectivity index (χ1v) is 5.82. The average molecular weight is 271 g/mol. The Balaban J connectivity index is 2.40. The molecule has 4 heteroatoms. The van der Waals surface area contributed by atoms with E-state index < -0.39 is 0 Å². The molecule has 0 aromatic heterocycles. The third-order valence-corrected chi connectivity index (χ3v) is 3.45. The lowest BCUT2D eigenvalue weighted by atomic mass is 10.1. The van der Waals surface area contributed by atoms with Crippen LogP contribution in [0, 0.1) is 0 Å². The molecule has 3 nitrogen and oxygen atoms in total. The van der Waals surface area contributed by atoms with E-state index in [2.05, 4.69) is 40.9 Å². The molecular formula is C11H15BrN2O. The van der Waals surface area contributed by atoms with Gasteiger partial charge in [-0.15, -0.1) is 0 Å². The van der Waals surface area contributed by atoms with E-state index in [9.17, 15) is 0 Å². The third-order valence-electron chi connectivity index (χ3n) is 2.96. The van der Waals surface area contributed by atoms with Gasteiger partial charge in [0.15, 0.2) is 0 Å². The molecular weight excluding hydrogens is 256 g/mol. The van der Waals surface area contributed by atoms with E-state index in [0.29, 0.717) is 12.6 Å². The van der Waals surface area contributed by atoms with Crippen LogP contribution in [-0.4, -0.2) is 25.7 Å². The molecule has 0 spiro atoms. The first-order chi connectivity index (χ1) is 7.13. The third kappa shape index (κ3) is 1.84. The number of nitrogens with zero attached hydrogens (tertiary/aromatic N) is 1. The van der Waals surface area contributed by atoms with Crippen molar-refractivity contribution in [2.45, 2.75) is 19.1 Å². The Morgan fingerprint density at radius 1 is 1.53 bits per heavy atom. The maximum atomic E-state index is 5.83. The Kier molecular flexibility index (Phi) is 2.89. The van der Waals surface area contributed by atoms with Crippen molar-refractivity contribution in [2.24, 2.45) is 5.73 Å². The zero-order valence-electron chi connectivity index (χ0n) is 8.90. The van der Waals surface area contributed by atoms with Crippen molar-refractivity contribution < 1.29 is 4.74 Å². The summed E-state index contributed by atoms with van der Waals surface area (Å²) in [6.45, 7) is 2.67. The summed E-state index contributed by atoms with van der Waals surface area (Å²) in [5.74, 6) is 0.911. The minimum absolute atomic E-state index is 0.0728. The number of ether oxygens (including phenoxy) is 1. The molecule has 1 aromatic carbocycles. The summed E-state index contributed by atoms with van der Waals surface area (Å²) in [5, 5.41) is 0. The zero-order valence-corrected chi connectivity index (χ0v) is 10.5. The molecule has 0 saturated carbocycles. The van der Waals surface area contributed by atoms with E-state index in [1.165, 1.54) is 0 Å². The summed E-state index contributed by atoms with van der Waals surface area (Å²) >= 11 is 3.46. The van der Waals surface area contributed by atoms with Gasteiger partial charge in [-0.05, 0) is 25.1 Å². The highest BCUT2D eigenvalue weighted by Gasteiger charge is 2.29. The van der Waals surface area contributed by atoms with Gasteiger partial charge in [0.2, 0.25) is 0 Å². The van der Waals surface area contributed by atoms with Crippen LogP contribution in [-0.2, 0) is 0 Å². The number of anilines is 1. The van der Waals surface area contributed by atoms with E-state index >= 15 is 0 Å². The van der Waals surface area contributed by atoms with Crippen molar-refractivity contribution in [3.05, 3.63) is 22.7 Å². The molecule has 1 heterocycles. The lowest BCUT2D eigenvalue weighted by molar-refractivity contribution is 0.168. The molecule has 1 aromatic rings. The Hall–Kier alpha value is -0.740. The second-order valence-electron chi connectivity index (χ2n) is 3.86. The Morgan fingerprint density at radius 2 is 2.27 bits per heavy atom. The number of nitrogens with two attached hydrogens (primary N) is 1. The van der Waals surface area contributed by atoms with E-state index in [4.69, 9.17) is 10.5 Å². The van der Waals surface area contributed by atoms with Crippen LogP contribution >= 0.6 is 15.9 Å². The smallest absolute Gasteiger partial charge is 0.143 e. The van der Waals surface area contributed by atoms with Crippen molar-refractivity contribution in [2.75, 3.05) is 18.5 Å². The number of hydrogen-bond donors (Lipinski definition) is 1. The predicted octanol–water partition coefficient (Wildman–Crippen LogP) is 1.99. The van der Waals surface area contributed by atoms with Crippen LogP contribution < -0.4 is 15.4 Å². The maximum absolute atomic E-state index is 5.83. The summed E-state index contributed by atoms with van der Waals surface area (Å²) in [5.41, 5.74) is 6.79. The Labute approximate surface area is 98.3 Å². The van der Waals surface area contributed by atoms with Crippen LogP contribution in [0.3, 0.4) is 0 Å². The molecule has 1 aliphatic heterocycles. The molecule has 0 aliphatic carbocycles. The molecule has 2 rings (SSSR count). The number of likely N-dealkylation sites (N-methyl/N-ethyl adjacent to an activating group) is 1. The minimum Gasteiger partial charge on any atom is -0.485 e. The standard InChI is InChI=1S/C11H15BrN2O/c1-7-11(6-13)15-10-4-3-8(12)5-9(10)14(7)2/h3-5,7,11H,6,13H2,1-2H3. The first-order valence-electron chi connectivity index (χ1n) is 5.02. The van der Waals surface area contributed by atoms with Crippen LogP contribution in [0.2, 0.25) is 0 Å². The van der Waals surface area contributed by atoms with Crippen LogP contribution in [0.25, 0.3) is 0 Å². The molecule has 0 radical (unpaired) electrons. The van der Waals surface area contributed by atoms with Gasteiger partial charge in [-0.3, -0.25) is 0 Å². The highest BCUT2D eigenvalue weighted by Crippen LogP contribution is 2.36. The number of benzene rings is 1. The number of rotatable bonds is 1. The van der Waals surface area contributed by atoms with Crippen molar-refractivity contribution in [3.63, 3.8) is 0 Å². The summed E-state index contributed by atoms with van der Waals surface area (Å²) < 4.78 is 6.90. The highest BCUT2D eigenvalue weighted by molar-refractivity contribution is 9.10. The molecule has 2 N–H and O–H groups in total. The molecule has 82 valence electrons. The summed E-state index contributed by atoms with van der Waals surface area (Å²) in [6, 6.07) is 6.33. The molecule has 0 amide bonds. The van der Waals surface area contributed by atoms with Crippen LogP contribution in [0.1, 0.15) is 6.92 Å². The Bertz CT molecular complexity index is 370. The van der Waals surface area contributed by atoms with Crippen LogP contribution in [0.4, 0.5) is 5.69 Å². The van der Waals surface area contributed by atoms with Crippen LogP contribution in [0.5, 0.6) is 5.75 Å². The van der Waals surface area contributed by atoms with Gasteiger partial charge in [-0.1, -0.05) is 15.9 Å². The molecule has 1 aliphatic rings. The number of fused-ring (bicyclic) bond motifs is 1. The summed E-state index contributed by atoms with van der Waals surface area (Å²) in [6.07, 6.45) is 0.0728. The fourth-order valence-electron chi connectivity index (χ4n) is 1.84. The minimum atomic E-state index is 0.0728. The van der Waals surface area contributed by atoms with E-state index in [1.807, 2.05) is 12.1 Å². The molecule has 2 atom stereocenters. The topological polar surface area (TPSA) is 38.5 Å². The quantitative estimate of drug-likeness (QED) is 0.849. The van der Waals surface area contributed by atoms with Crippen LogP contribution in [0.15, 0.2) is 22.7 Å². The predicted molar refractivity (Wildman–Crippen MR) is 65.5 cm³/mol. The van der Waals surface area contributed by atoms with Gasteiger partial charge < -0.3 is 15.4 Å². The SMILES string of the molecule is CC1C(CN)Oc2ccc(Br)cc2N1C. The van der Waals surface area contributed by atoms with Gasteiger partial charge in [0.05, 0.1) is 11.7 Å². The van der Waals surface area contributed by atoms with E-state index in [1.54, 1.807) is 0 Å². The molecule has 0 fully saturated rings. The van der Waals surface area contributed by atoms with Crippen molar-refractivity contribution >= 4 is 21.6 Å². The fraction of sp³-hybridized carbons (Fsp3) is 0.455. The van der Waals surface area contributed by atoms with Gasteiger partial charge in [-0.25, -0.2) is 0 Å². The first kappa shape index (κ1) is 10.8. The van der Waals surface area contributed by atoms with Gasteiger partial charge in [0, 0.05) is 18.1 Å². The number of hydrogen-bond acceptors (Lipinski definition) is 3. The monoisotopic (exact) mass is 270 g/mol. The van der Waals surface area contributed by atoms with E-state index in [0.717, 1.165) is 15.9 Å². The lowest BCUT2D eigenvalue weighted by Crippen LogP contribution is -2.49. The largest absolute Gasteiger partial charge is 0.485 e. The highest BCUT2D eigenvalue weighted by atomic mass is 79.9. The second kappa shape index (κ2) is 4.02. The van der Waals surface area contributed by atoms with Crippen molar-refractivity contribution in [1.82, 2.24) is 0 Å². The second-order valence-corrected chi connectivity index (χ2v) is 4.77. The van der Waals surface area contributed by atoms with E-state index in [-0.39, 0.29) is 6.10 Å². The summed E-state index contributed by atoms with van der Waals surface area (Å²) in [7, 11) is 2.07. The molecule has 15 heavy (non-hydrogen) atoms. The maximum Gasteiger partial charge on any atom is 0.143 e. The van der Waals surface area contributed by atoms with Gasteiger partial charge in [0.1, 0.15) is 11.9 Å². The molecule has 0 saturated heterocycles. The normalized spacial score (nSPS) is 24.7. The fourth-order valence-corrected chi connectivity index (χ4v) is 2.19. The van der Waals surface area contributed by atoms with Crippen molar-refractivity contribution in [3.8, 4) is 5.75 Å². The summed E-state index contributed by atoms with van der Waals surface area (Å²) in [4.78, 5) is 2.21. The number of halogens is 1. The molecule has 0 bridgehead atoms. The molecule has 2 unspecified atom stereocenters. The van der Waals surface area contributed by atoms with Gasteiger partial charge >= 0.3 is 0 Å². The van der Waals surface area contributed by atoms with Crippen molar-refractivity contribution in [1.29, 1.82) is 0 Å². The Morgan fingerprint density at radius 3 is 2.93 bits per heavy atom. The van der Waals surface area contributed by atoms with Gasteiger partial charge in [0.25, 0.3) is 0 Å². The average Bonchev–Trinajstić information content (AvgIpc) is 2.24. The van der Waals surface area contributed by atoms with Gasteiger partial charge in [-0.2, -0.15) is 0 Å². The zero-order chi connectivity index (χ0) is 11.0. The lowest BCUT2D eigenvalue weighted by Gasteiger charge is -2.39.